The van der Waals surface area contributed by atoms with Gasteiger partial charge < -0.3 is 18.9 Å². The highest BCUT2D eigenvalue weighted by Gasteiger charge is 2.29. The second kappa shape index (κ2) is 9.61. The van der Waals surface area contributed by atoms with E-state index in [-0.39, 0.29) is 17.7 Å². The fraction of sp³-hybridized carbons (Fsp3) is 0.462. The summed E-state index contributed by atoms with van der Waals surface area (Å²) in [6.07, 6.45) is 4.12. The van der Waals surface area contributed by atoms with E-state index < -0.39 is 0 Å². The number of ether oxygens (including phenoxy) is 2. The second-order valence-corrected chi connectivity index (χ2v) is 8.96. The minimum absolute atomic E-state index is 0.0654. The predicted octanol–water partition coefficient (Wildman–Crippen LogP) is 4.76. The standard InChI is InChI=1S/C26H29FN2O4/c1-31-20-6-3-17-4-8-23(26(30)22(17)16-20)32-14-2-11-29-12-9-18(10-13-29)25-21-7-5-19(27)15-24(21)33-28-25/h3,5-7,15-16,18,23H,2,4,8-14H2,1H3. The number of hydrogen-bond donors (Lipinski definition) is 0. The molecule has 2 aromatic carbocycles. The SMILES string of the molecule is COc1ccc2c(c1)C(=O)C(OCCCN1CCC(c3noc4cc(F)ccc34)CC1)CC2. The van der Waals surface area contributed by atoms with Crippen molar-refractivity contribution in [3.8, 4) is 5.75 Å². The number of piperidine rings is 1. The third-order valence-electron chi connectivity index (χ3n) is 6.92. The Hall–Kier alpha value is -2.77. The normalized spacial score (nSPS) is 19.7. The van der Waals surface area contributed by atoms with Crippen LogP contribution in [0.3, 0.4) is 0 Å². The Morgan fingerprint density at radius 1 is 1.15 bits per heavy atom. The lowest BCUT2D eigenvalue weighted by atomic mass is 9.88. The maximum Gasteiger partial charge on any atom is 0.191 e. The topological polar surface area (TPSA) is 64.8 Å². The van der Waals surface area contributed by atoms with Gasteiger partial charge in [-0.1, -0.05) is 11.2 Å². The van der Waals surface area contributed by atoms with Gasteiger partial charge in [0.1, 0.15) is 17.7 Å². The number of Topliss-reactive ketones (excluding diaryl/α,β-unsaturated/α-hetero) is 1. The first-order chi connectivity index (χ1) is 16.1. The number of methoxy groups -OCH3 is 1. The maximum atomic E-state index is 13.4. The molecular weight excluding hydrogens is 423 g/mol. The van der Waals surface area contributed by atoms with E-state index in [0.717, 1.165) is 73.9 Å². The molecule has 1 fully saturated rings. The van der Waals surface area contributed by atoms with E-state index in [1.54, 1.807) is 13.2 Å². The first kappa shape index (κ1) is 22.0. The maximum absolute atomic E-state index is 13.4. The smallest absolute Gasteiger partial charge is 0.191 e. The Bertz CT molecular complexity index is 1140. The lowest BCUT2D eigenvalue weighted by Gasteiger charge is -2.31. The number of hydrogen-bond acceptors (Lipinski definition) is 6. The van der Waals surface area contributed by atoms with Crippen molar-refractivity contribution in [2.24, 2.45) is 0 Å². The largest absolute Gasteiger partial charge is 0.497 e. The van der Waals surface area contributed by atoms with E-state index in [1.165, 1.54) is 12.1 Å². The number of likely N-dealkylation sites (tertiary alicyclic amines) is 1. The zero-order chi connectivity index (χ0) is 22.8. The summed E-state index contributed by atoms with van der Waals surface area (Å²) in [6, 6.07) is 10.3. The number of rotatable bonds is 7. The number of aromatic nitrogens is 1. The molecule has 2 heterocycles. The van der Waals surface area contributed by atoms with Gasteiger partial charge in [0.25, 0.3) is 0 Å². The number of carbonyl (C=O) groups excluding carboxylic acids is 1. The van der Waals surface area contributed by atoms with Crippen molar-refractivity contribution < 1.29 is 23.2 Å². The summed E-state index contributed by atoms with van der Waals surface area (Å²) in [5, 5.41) is 5.14. The summed E-state index contributed by atoms with van der Waals surface area (Å²) in [7, 11) is 1.61. The van der Waals surface area contributed by atoms with Gasteiger partial charge in [0.05, 0.1) is 12.8 Å². The zero-order valence-electron chi connectivity index (χ0n) is 18.9. The zero-order valence-corrected chi connectivity index (χ0v) is 18.9. The number of aryl methyl sites for hydroxylation is 1. The van der Waals surface area contributed by atoms with Crippen molar-refractivity contribution in [3.63, 3.8) is 0 Å². The fourth-order valence-electron chi connectivity index (χ4n) is 5.05. The summed E-state index contributed by atoms with van der Waals surface area (Å²) in [6.45, 7) is 3.49. The quantitative estimate of drug-likeness (QED) is 0.482. The molecular formula is C26H29FN2O4. The van der Waals surface area contributed by atoms with Crippen LogP contribution >= 0.6 is 0 Å². The van der Waals surface area contributed by atoms with Gasteiger partial charge in [-0.3, -0.25) is 4.79 Å². The minimum Gasteiger partial charge on any atom is -0.497 e. The first-order valence-electron chi connectivity index (χ1n) is 11.7. The molecule has 3 aromatic rings. The monoisotopic (exact) mass is 452 g/mol. The van der Waals surface area contributed by atoms with E-state index in [9.17, 15) is 9.18 Å². The van der Waals surface area contributed by atoms with Crippen LogP contribution in [0.15, 0.2) is 40.9 Å². The summed E-state index contributed by atoms with van der Waals surface area (Å²) in [5.74, 6) is 0.801. The van der Waals surface area contributed by atoms with Crippen molar-refractivity contribution in [2.75, 3.05) is 33.4 Å². The van der Waals surface area contributed by atoms with Gasteiger partial charge in [0.2, 0.25) is 0 Å². The van der Waals surface area contributed by atoms with Gasteiger partial charge in [-0.2, -0.15) is 0 Å². The first-order valence-corrected chi connectivity index (χ1v) is 11.7. The Labute approximate surface area is 192 Å². The number of halogens is 1. The Morgan fingerprint density at radius 2 is 2.00 bits per heavy atom. The van der Waals surface area contributed by atoms with Gasteiger partial charge in [-0.15, -0.1) is 0 Å². The minimum atomic E-state index is -0.361. The highest BCUT2D eigenvalue weighted by molar-refractivity contribution is 6.02. The fourth-order valence-corrected chi connectivity index (χ4v) is 5.05. The molecule has 174 valence electrons. The molecule has 1 saturated heterocycles. The predicted molar refractivity (Wildman–Crippen MR) is 122 cm³/mol. The van der Waals surface area contributed by atoms with Crippen LogP contribution in [0.1, 0.15) is 53.2 Å². The van der Waals surface area contributed by atoms with Crippen LogP contribution in [0.25, 0.3) is 11.0 Å². The summed E-state index contributed by atoms with van der Waals surface area (Å²) in [4.78, 5) is 15.3. The van der Waals surface area contributed by atoms with E-state index in [4.69, 9.17) is 14.0 Å². The number of ketones is 1. The van der Waals surface area contributed by atoms with Gasteiger partial charge >= 0.3 is 0 Å². The van der Waals surface area contributed by atoms with Crippen LogP contribution in [0.5, 0.6) is 5.75 Å². The number of benzene rings is 2. The lowest BCUT2D eigenvalue weighted by molar-refractivity contribution is 0.0317. The third kappa shape index (κ3) is 4.66. The molecule has 0 saturated carbocycles. The van der Waals surface area contributed by atoms with Crippen molar-refractivity contribution in [3.05, 3.63) is 59.0 Å². The van der Waals surface area contributed by atoms with Crippen molar-refractivity contribution in [2.45, 2.75) is 44.1 Å². The molecule has 1 aromatic heterocycles. The van der Waals surface area contributed by atoms with Gasteiger partial charge in [0.15, 0.2) is 11.4 Å². The molecule has 1 atom stereocenters. The molecule has 0 spiro atoms. The summed E-state index contributed by atoms with van der Waals surface area (Å²) in [5.41, 5.74) is 3.27. The number of fused-ring (bicyclic) bond motifs is 2. The molecule has 0 N–H and O–H groups in total. The molecule has 7 heteroatoms. The molecule has 0 radical (unpaired) electrons. The molecule has 2 aliphatic rings. The summed E-state index contributed by atoms with van der Waals surface area (Å²) < 4.78 is 30.0. The Kier molecular flexibility index (Phi) is 6.42. The van der Waals surface area contributed by atoms with E-state index >= 15 is 0 Å². The van der Waals surface area contributed by atoms with E-state index in [2.05, 4.69) is 10.1 Å². The molecule has 1 aliphatic carbocycles. The molecule has 0 bridgehead atoms. The van der Waals surface area contributed by atoms with Crippen LogP contribution in [0.2, 0.25) is 0 Å². The van der Waals surface area contributed by atoms with Crippen LogP contribution in [0.4, 0.5) is 4.39 Å². The third-order valence-corrected chi connectivity index (χ3v) is 6.92. The molecule has 1 aliphatic heterocycles. The Balaban J connectivity index is 1.07. The van der Waals surface area contributed by atoms with Crippen LogP contribution in [-0.4, -0.2) is 55.3 Å². The average molecular weight is 453 g/mol. The molecule has 0 amide bonds. The van der Waals surface area contributed by atoms with Crippen LogP contribution < -0.4 is 4.74 Å². The van der Waals surface area contributed by atoms with Crippen molar-refractivity contribution in [1.82, 2.24) is 10.1 Å². The van der Waals surface area contributed by atoms with Crippen molar-refractivity contribution in [1.29, 1.82) is 0 Å². The molecule has 1 unspecified atom stereocenters. The molecule has 6 nitrogen and oxygen atoms in total. The number of nitrogens with zero attached hydrogens (tertiary/aromatic N) is 2. The summed E-state index contributed by atoms with van der Waals surface area (Å²) >= 11 is 0. The lowest BCUT2D eigenvalue weighted by Crippen LogP contribution is -2.35. The van der Waals surface area contributed by atoms with Crippen LogP contribution in [-0.2, 0) is 11.2 Å². The number of carbonyl (C=O) groups is 1. The van der Waals surface area contributed by atoms with Crippen LogP contribution in [0, 0.1) is 5.82 Å². The molecule has 33 heavy (non-hydrogen) atoms. The van der Waals surface area contributed by atoms with Crippen molar-refractivity contribution >= 4 is 16.8 Å². The Morgan fingerprint density at radius 3 is 2.82 bits per heavy atom. The van der Waals surface area contributed by atoms with Gasteiger partial charge in [0, 0.05) is 36.1 Å². The van der Waals surface area contributed by atoms with Gasteiger partial charge in [-0.25, -0.2) is 4.39 Å². The molecule has 5 rings (SSSR count). The average Bonchev–Trinajstić information content (AvgIpc) is 3.26. The highest BCUT2D eigenvalue weighted by Crippen LogP contribution is 2.33. The van der Waals surface area contributed by atoms with Gasteiger partial charge in [-0.05, 0) is 75.0 Å². The van der Waals surface area contributed by atoms with E-state index in [0.29, 0.717) is 23.9 Å². The second-order valence-electron chi connectivity index (χ2n) is 8.96. The highest BCUT2D eigenvalue weighted by atomic mass is 19.1. The van der Waals surface area contributed by atoms with E-state index in [1.807, 2.05) is 18.2 Å².